The molecular formula is C19H21ClF4N2OS. The lowest BCUT2D eigenvalue weighted by Crippen LogP contribution is -2.69. The van der Waals surface area contributed by atoms with Gasteiger partial charge in [-0.2, -0.15) is 13.2 Å². The molecule has 9 heteroatoms. The molecule has 3 aliphatic heterocycles. The summed E-state index contributed by atoms with van der Waals surface area (Å²) in [6.45, 7) is 6.18. The minimum Gasteiger partial charge on any atom is -0.346 e. The molecule has 154 valence electrons. The van der Waals surface area contributed by atoms with Crippen LogP contribution < -0.4 is 5.32 Å². The van der Waals surface area contributed by atoms with E-state index < -0.39 is 23.5 Å². The number of thiophene rings is 1. The van der Waals surface area contributed by atoms with E-state index in [2.05, 4.69) is 24.1 Å². The first-order valence-electron chi connectivity index (χ1n) is 8.94. The summed E-state index contributed by atoms with van der Waals surface area (Å²) in [5, 5.41) is 3.27. The molecular weight excluding hydrogens is 416 g/mol. The van der Waals surface area contributed by atoms with Crippen molar-refractivity contribution in [3.05, 3.63) is 34.5 Å². The maximum absolute atomic E-state index is 13.8. The molecule has 0 aliphatic carbocycles. The Labute approximate surface area is 170 Å². The van der Waals surface area contributed by atoms with Crippen molar-refractivity contribution in [1.82, 2.24) is 10.2 Å². The molecule has 0 radical (unpaired) electrons. The van der Waals surface area contributed by atoms with Crippen LogP contribution in [0.3, 0.4) is 0 Å². The molecule has 0 unspecified atom stereocenters. The summed E-state index contributed by atoms with van der Waals surface area (Å²) < 4.78 is 53.2. The minimum atomic E-state index is -4.81. The Kier molecular flexibility index (Phi) is 5.44. The number of benzene rings is 1. The zero-order valence-corrected chi connectivity index (χ0v) is 17.0. The number of fused-ring (bicyclic) bond motifs is 4. The van der Waals surface area contributed by atoms with E-state index in [0.29, 0.717) is 17.3 Å². The van der Waals surface area contributed by atoms with E-state index in [1.807, 2.05) is 0 Å². The van der Waals surface area contributed by atoms with E-state index in [1.165, 1.54) is 12.1 Å². The summed E-state index contributed by atoms with van der Waals surface area (Å²) in [7, 11) is 0. The number of nitrogens with one attached hydrogen (secondary N) is 1. The zero-order valence-electron chi connectivity index (χ0n) is 15.4. The first-order valence-corrected chi connectivity index (χ1v) is 9.76. The van der Waals surface area contributed by atoms with Crippen LogP contribution in [0.15, 0.2) is 18.2 Å². The van der Waals surface area contributed by atoms with Gasteiger partial charge < -0.3 is 5.32 Å². The molecule has 4 heterocycles. The predicted octanol–water partition coefficient (Wildman–Crippen LogP) is 5.08. The smallest absolute Gasteiger partial charge is 0.346 e. The molecule has 2 bridgehead atoms. The van der Waals surface area contributed by atoms with E-state index in [4.69, 9.17) is 0 Å². The van der Waals surface area contributed by atoms with Gasteiger partial charge in [0.1, 0.15) is 11.4 Å². The monoisotopic (exact) mass is 436 g/mol. The van der Waals surface area contributed by atoms with E-state index >= 15 is 0 Å². The van der Waals surface area contributed by atoms with Gasteiger partial charge in [-0.05, 0) is 63.2 Å². The van der Waals surface area contributed by atoms with Crippen LogP contribution in [0, 0.1) is 11.7 Å². The van der Waals surface area contributed by atoms with Crippen LogP contribution in [0.25, 0.3) is 10.1 Å². The maximum atomic E-state index is 13.8. The summed E-state index contributed by atoms with van der Waals surface area (Å²) >= 11 is 0.696. The molecule has 1 aromatic heterocycles. The third kappa shape index (κ3) is 3.39. The largest absolute Gasteiger partial charge is 0.420 e. The van der Waals surface area contributed by atoms with Gasteiger partial charge in [0.2, 0.25) is 0 Å². The minimum absolute atomic E-state index is 0. The molecule has 28 heavy (non-hydrogen) atoms. The standard InChI is InChI=1S/C19H20F4N2OS.ClH/c1-18(2)16(10-5-7-25(18)8-6-10)24-17(26)13-9-11-3-4-12(20)14(15(11)27-13)19(21,22)23;/h3-4,9-10,16H,5-8H2,1-2H3,(H,24,26);1H/t16-;/m1./s1. The third-order valence-corrected chi connectivity index (χ3v) is 7.18. The van der Waals surface area contributed by atoms with Crippen molar-refractivity contribution < 1.29 is 22.4 Å². The molecule has 3 saturated heterocycles. The highest BCUT2D eigenvalue weighted by molar-refractivity contribution is 7.21. The Balaban J connectivity index is 0.00000225. The summed E-state index contributed by atoms with van der Waals surface area (Å²) in [4.78, 5) is 15.3. The van der Waals surface area contributed by atoms with Crippen LogP contribution in [-0.4, -0.2) is 35.5 Å². The number of rotatable bonds is 2. The van der Waals surface area contributed by atoms with E-state index in [0.717, 1.165) is 32.0 Å². The molecule has 1 amide bonds. The van der Waals surface area contributed by atoms with Crippen molar-refractivity contribution in [3.63, 3.8) is 0 Å². The average Bonchev–Trinajstić information content (AvgIpc) is 3.01. The lowest BCUT2D eigenvalue weighted by Gasteiger charge is -2.56. The second-order valence-corrected chi connectivity index (χ2v) is 8.93. The predicted molar refractivity (Wildman–Crippen MR) is 104 cm³/mol. The Morgan fingerprint density at radius 1 is 1.25 bits per heavy atom. The average molecular weight is 437 g/mol. The molecule has 0 saturated carbocycles. The van der Waals surface area contributed by atoms with E-state index in [1.54, 1.807) is 0 Å². The molecule has 1 N–H and O–H groups in total. The Morgan fingerprint density at radius 3 is 2.46 bits per heavy atom. The van der Waals surface area contributed by atoms with Gasteiger partial charge in [0.15, 0.2) is 0 Å². The fraction of sp³-hybridized carbons (Fsp3) is 0.526. The first-order chi connectivity index (χ1) is 12.6. The molecule has 3 aliphatic rings. The molecule has 2 aromatic rings. The number of carbonyl (C=O) groups is 1. The van der Waals surface area contributed by atoms with Gasteiger partial charge in [0.05, 0.1) is 9.58 Å². The van der Waals surface area contributed by atoms with Gasteiger partial charge in [-0.25, -0.2) is 4.39 Å². The molecule has 1 aromatic carbocycles. The normalized spacial score (nSPS) is 26.1. The van der Waals surface area contributed by atoms with Crippen molar-refractivity contribution in [2.45, 2.75) is 44.4 Å². The number of alkyl halides is 3. The van der Waals surface area contributed by atoms with Crippen molar-refractivity contribution >= 4 is 39.7 Å². The van der Waals surface area contributed by atoms with Gasteiger partial charge in [0.25, 0.3) is 5.91 Å². The molecule has 0 spiro atoms. The quantitative estimate of drug-likeness (QED) is 0.665. The number of hydrogen-bond donors (Lipinski definition) is 1. The maximum Gasteiger partial charge on any atom is 0.420 e. The number of nitrogens with zero attached hydrogens (tertiary/aromatic N) is 1. The topological polar surface area (TPSA) is 32.3 Å². The van der Waals surface area contributed by atoms with Crippen molar-refractivity contribution in [2.24, 2.45) is 5.92 Å². The van der Waals surface area contributed by atoms with Gasteiger partial charge in [-0.3, -0.25) is 9.69 Å². The number of amides is 1. The first kappa shape index (κ1) is 21.3. The fourth-order valence-electron chi connectivity index (χ4n) is 4.54. The molecule has 1 atom stereocenters. The third-order valence-electron chi connectivity index (χ3n) is 6.02. The fourth-order valence-corrected chi connectivity index (χ4v) is 5.66. The Hall–Kier alpha value is -1.38. The molecule has 3 fully saturated rings. The van der Waals surface area contributed by atoms with Crippen LogP contribution in [0.2, 0.25) is 0 Å². The van der Waals surface area contributed by atoms with Crippen molar-refractivity contribution in [3.8, 4) is 0 Å². The molecule has 3 nitrogen and oxygen atoms in total. The summed E-state index contributed by atoms with van der Waals surface area (Å²) in [6.07, 6.45) is -2.80. The number of piperidine rings is 3. The number of carbonyl (C=O) groups excluding carboxylic acids is 1. The lowest BCUT2D eigenvalue weighted by atomic mass is 9.72. The number of halogens is 5. The van der Waals surface area contributed by atoms with Crippen LogP contribution >= 0.6 is 23.7 Å². The second kappa shape index (κ2) is 7.15. The second-order valence-electron chi connectivity index (χ2n) is 7.88. The lowest BCUT2D eigenvalue weighted by molar-refractivity contribution is -0.138. The van der Waals surface area contributed by atoms with Gasteiger partial charge >= 0.3 is 6.18 Å². The Bertz CT molecular complexity index is 903. The van der Waals surface area contributed by atoms with Crippen molar-refractivity contribution in [1.29, 1.82) is 0 Å². The van der Waals surface area contributed by atoms with E-state index in [-0.39, 0.29) is 39.0 Å². The Morgan fingerprint density at radius 2 is 1.89 bits per heavy atom. The highest BCUT2D eigenvalue weighted by Gasteiger charge is 2.48. The van der Waals surface area contributed by atoms with E-state index in [9.17, 15) is 22.4 Å². The number of hydrogen-bond acceptors (Lipinski definition) is 3. The van der Waals surface area contributed by atoms with Gasteiger partial charge in [-0.1, -0.05) is 6.07 Å². The summed E-state index contributed by atoms with van der Waals surface area (Å²) in [5.74, 6) is -1.34. The van der Waals surface area contributed by atoms with Crippen LogP contribution in [0.5, 0.6) is 0 Å². The summed E-state index contributed by atoms with van der Waals surface area (Å²) in [5.41, 5.74) is -1.50. The highest BCUT2D eigenvalue weighted by atomic mass is 35.5. The van der Waals surface area contributed by atoms with Gasteiger partial charge in [0, 0.05) is 11.6 Å². The van der Waals surface area contributed by atoms with Crippen LogP contribution in [0.4, 0.5) is 17.6 Å². The molecule has 5 rings (SSSR count). The van der Waals surface area contributed by atoms with Crippen LogP contribution in [0.1, 0.15) is 41.9 Å². The highest BCUT2D eigenvalue weighted by Crippen LogP contribution is 2.42. The van der Waals surface area contributed by atoms with Crippen molar-refractivity contribution in [2.75, 3.05) is 13.1 Å². The van der Waals surface area contributed by atoms with Crippen LogP contribution in [-0.2, 0) is 6.18 Å². The SMILES string of the molecule is CC1(C)[C@H](NC(=O)c2cc3ccc(F)c(C(F)(F)F)c3s2)C2CCN1CC2.Cl. The zero-order chi connectivity index (χ0) is 19.6. The van der Waals surface area contributed by atoms with Gasteiger partial charge in [-0.15, -0.1) is 23.7 Å². The summed E-state index contributed by atoms with van der Waals surface area (Å²) in [6, 6.07) is 3.44.